The summed E-state index contributed by atoms with van der Waals surface area (Å²) in [5, 5.41) is 0. The highest BCUT2D eigenvalue weighted by Gasteiger charge is 2.40. The Hall–Kier alpha value is -0.700. The molecule has 4 radical (unpaired) electrons. The molecule has 0 fully saturated rings. The number of unbranched alkanes of at least 4 members (excludes halogenated alkanes) is 5. The number of rotatable bonds is 7. The van der Waals surface area contributed by atoms with Gasteiger partial charge in [0, 0.05) is 0 Å². The van der Waals surface area contributed by atoms with E-state index in [0.29, 0.717) is 0 Å². The van der Waals surface area contributed by atoms with Crippen molar-refractivity contribution in [2.45, 2.75) is 55.3 Å². The van der Waals surface area contributed by atoms with Crippen LogP contribution in [0.25, 0.3) is 11.1 Å². The summed E-state index contributed by atoms with van der Waals surface area (Å²) in [6.45, 7) is 2.26. The first-order valence-electron chi connectivity index (χ1n) is 9.05. The van der Waals surface area contributed by atoms with E-state index in [1.165, 1.54) is 60.8 Å². The summed E-state index contributed by atoms with van der Waals surface area (Å²) < 4.78 is -0.00204. The van der Waals surface area contributed by atoms with E-state index in [2.05, 4.69) is 53.8 Å². The highest BCUT2D eigenvalue weighted by molar-refractivity contribution is 14.1. The molecule has 0 aromatic heterocycles. The average molecular weight is 424 g/mol. The molecule has 0 nitrogen and oxygen atoms in total. The Morgan fingerprint density at radius 3 is 1.83 bits per heavy atom. The van der Waals surface area contributed by atoms with E-state index in [0.717, 1.165) is 17.3 Å². The fourth-order valence-electron chi connectivity index (χ4n) is 3.81. The van der Waals surface area contributed by atoms with Crippen LogP contribution in [0.4, 0.5) is 0 Å². The molecule has 1 aliphatic carbocycles. The van der Waals surface area contributed by atoms with E-state index in [1.54, 1.807) is 0 Å². The Labute approximate surface area is 162 Å². The van der Waals surface area contributed by atoms with Crippen molar-refractivity contribution >= 4 is 49.2 Å². The van der Waals surface area contributed by atoms with Gasteiger partial charge in [-0.1, -0.05) is 115 Å². The molecule has 0 N–H and O–H groups in total. The summed E-state index contributed by atoms with van der Waals surface area (Å²) in [7, 11) is 12.2. The number of hydrogen-bond donors (Lipinski definition) is 0. The summed E-state index contributed by atoms with van der Waals surface area (Å²) in [5.74, 6) is 0. The third-order valence-electron chi connectivity index (χ3n) is 5.11. The summed E-state index contributed by atoms with van der Waals surface area (Å²) in [4.78, 5) is 0. The number of alkyl halides is 1. The molecule has 3 heteroatoms. The van der Waals surface area contributed by atoms with E-state index in [-0.39, 0.29) is 3.42 Å². The van der Waals surface area contributed by atoms with Crippen LogP contribution < -0.4 is 10.9 Å². The van der Waals surface area contributed by atoms with E-state index in [4.69, 9.17) is 15.7 Å². The van der Waals surface area contributed by atoms with Gasteiger partial charge in [0.2, 0.25) is 0 Å². The first-order valence-corrected chi connectivity index (χ1v) is 10.1. The van der Waals surface area contributed by atoms with Gasteiger partial charge in [-0.25, -0.2) is 0 Å². The van der Waals surface area contributed by atoms with Gasteiger partial charge in [-0.05, 0) is 28.7 Å². The number of fused-ring (bicyclic) bond motifs is 3. The van der Waals surface area contributed by atoms with Crippen molar-refractivity contribution < 1.29 is 0 Å². The lowest BCUT2D eigenvalue weighted by atomic mass is 9.85. The summed E-state index contributed by atoms with van der Waals surface area (Å²) in [6.07, 6.45) is 9.05. The van der Waals surface area contributed by atoms with Gasteiger partial charge in [0.25, 0.3) is 0 Å². The van der Waals surface area contributed by atoms with E-state index in [1.807, 2.05) is 12.1 Å². The largest absolute Gasteiger partial charge is 0.113 e. The molecule has 1 aliphatic rings. The van der Waals surface area contributed by atoms with Crippen LogP contribution in [0.3, 0.4) is 0 Å². The zero-order chi connectivity index (χ0) is 17.2. The minimum atomic E-state index is -0.00204. The molecular weight excluding hydrogens is 401 g/mol. The molecule has 0 aliphatic heterocycles. The van der Waals surface area contributed by atoms with Crippen LogP contribution in [0.5, 0.6) is 0 Å². The van der Waals surface area contributed by atoms with Crippen LogP contribution in [-0.2, 0) is 3.42 Å². The molecular formula is C21H23B2I. The fourth-order valence-corrected chi connectivity index (χ4v) is 5.09. The standard InChI is InChI=1S/C21H23B2I/c1-2-3-4-5-6-7-12-21(24)19-13-15(22)8-10-17(19)18-11-9-16(23)14-20(18)21/h8-11,13-14H,2-7,12H2,1H3. The van der Waals surface area contributed by atoms with Crippen LogP contribution in [0.1, 0.15) is 63.0 Å². The van der Waals surface area contributed by atoms with Crippen LogP contribution in [0.15, 0.2) is 36.4 Å². The van der Waals surface area contributed by atoms with Gasteiger partial charge in [-0.15, -0.1) is 0 Å². The van der Waals surface area contributed by atoms with Crippen molar-refractivity contribution in [1.82, 2.24) is 0 Å². The number of hydrogen-bond acceptors (Lipinski definition) is 0. The molecule has 0 unspecified atom stereocenters. The normalized spacial score (nSPS) is 14.4. The van der Waals surface area contributed by atoms with Crippen LogP contribution in [-0.4, -0.2) is 15.7 Å². The van der Waals surface area contributed by atoms with Crippen molar-refractivity contribution in [2.75, 3.05) is 0 Å². The van der Waals surface area contributed by atoms with Gasteiger partial charge in [-0.3, -0.25) is 0 Å². The second-order valence-electron chi connectivity index (χ2n) is 6.93. The summed E-state index contributed by atoms with van der Waals surface area (Å²) in [5.41, 5.74) is 7.05. The first-order chi connectivity index (χ1) is 11.6. The Balaban J connectivity index is 1.86. The molecule has 0 heterocycles. The zero-order valence-corrected chi connectivity index (χ0v) is 16.6. The molecule has 0 saturated heterocycles. The Morgan fingerprint density at radius 1 is 0.792 bits per heavy atom. The van der Waals surface area contributed by atoms with Crippen LogP contribution in [0.2, 0.25) is 0 Å². The maximum absolute atomic E-state index is 6.10. The lowest BCUT2D eigenvalue weighted by molar-refractivity contribution is 0.563. The topological polar surface area (TPSA) is 0 Å². The minimum Gasteiger partial charge on any atom is -0.0963 e. The second-order valence-corrected chi connectivity index (χ2v) is 8.77. The highest BCUT2D eigenvalue weighted by Crippen LogP contribution is 2.54. The van der Waals surface area contributed by atoms with Gasteiger partial charge in [0.15, 0.2) is 0 Å². The van der Waals surface area contributed by atoms with Gasteiger partial charge in [0.05, 0.1) is 3.42 Å². The Bertz CT molecular complexity index is 672. The van der Waals surface area contributed by atoms with E-state index < -0.39 is 0 Å². The molecule has 2 aromatic rings. The monoisotopic (exact) mass is 424 g/mol. The molecule has 0 atom stereocenters. The van der Waals surface area contributed by atoms with Crippen molar-refractivity contribution in [3.63, 3.8) is 0 Å². The molecule has 2 aromatic carbocycles. The number of halogens is 1. The van der Waals surface area contributed by atoms with Crippen molar-refractivity contribution in [3.8, 4) is 11.1 Å². The maximum atomic E-state index is 6.10. The fraction of sp³-hybridized carbons (Fsp3) is 0.429. The van der Waals surface area contributed by atoms with Gasteiger partial charge in [0.1, 0.15) is 15.7 Å². The molecule has 3 rings (SSSR count). The third-order valence-corrected chi connectivity index (χ3v) is 6.81. The quantitative estimate of drug-likeness (QED) is 0.262. The van der Waals surface area contributed by atoms with Crippen LogP contribution >= 0.6 is 22.6 Å². The predicted molar refractivity (Wildman–Crippen MR) is 115 cm³/mol. The SMILES string of the molecule is [B]c1ccc2c(c1)C(I)(CCCCCCCC)c1cc([B])ccc1-2. The van der Waals surface area contributed by atoms with Crippen molar-refractivity contribution in [3.05, 3.63) is 47.5 Å². The van der Waals surface area contributed by atoms with Gasteiger partial charge >= 0.3 is 0 Å². The molecule has 24 heavy (non-hydrogen) atoms. The summed E-state index contributed by atoms with van der Waals surface area (Å²) >= 11 is 2.64. The third kappa shape index (κ3) is 3.47. The molecule has 0 spiro atoms. The lowest BCUT2D eigenvalue weighted by Gasteiger charge is -2.26. The minimum absolute atomic E-state index is 0.00204. The second kappa shape index (κ2) is 7.68. The Morgan fingerprint density at radius 2 is 1.29 bits per heavy atom. The van der Waals surface area contributed by atoms with Crippen LogP contribution in [0, 0.1) is 0 Å². The highest BCUT2D eigenvalue weighted by atomic mass is 127. The summed E-state index contributed by atoms with van der Waals surface area (Å²) in [6, 6.07) is 12.7. The maximum Gasteiger partial charge on any atom is 0.113 e. The molecule has 120 valence electrons. The predicted octanol–water partition coefficient (Wildman–Crippen LogP) is 4.68. The smallest absolute Gasteiger partial charge is 0.0963 e. The molecule has 0 saturated carbocycles. The molecule has 0 bridgehead atoms. The van der Waals surface area contributed by atoms with Gasteiger partial charge in [-0.2, -0.15) is 0 Å². The Kier molecular flexibility index (Phi) is 5.79. The first kappa shape index (κ1) is 18.1. The lowest BCUT2D eigenvalue weighted by Crippen LogP contribution is -2.20. The molecule has 0 amide bonds. The van der Waals surface area contributed by atoms with Crippen molar-refractivity contribution in [1.29, 1.82) is 0 Å². The van der Waals surface area contributed by atoms with E-state index in [9.17, 15) is 0 Å². The van der Waals surface area contributed by atoms with Gasteiger partial charge < -0.3 is 0 Å². The average Bonchev–Trinajstić information content (AvgIpc) is 2.80. The van der Waals surface area contributed by atoms with E-state index >= 15 is 0 Å². The zero-order valence-electron chi connectivity index (χ0n) is 14.4. The number of benzene rings is 2. The van der Waals surface area contributed by atoms with Crippen molar-refractivity contribution in [2.24, 2.45) is 0 Å².